The quantitative estimate of drug-likeness (QED) is 0.343. The van der Waals surface area contributed by atoms with Crippen molar-refractivity contribution in [3.05, 3.63) is 62.7 Å². The summed E-state index contributed by atoms with van der Waals surface area (Å²) in [6, 6.07) is 6.08. The van der Waals surface area contributed by atoms with Crippen LogP contribution in [-0.2, 0) is 6.18 Å². The van der Waals surface area contributed by atoms with Gasteiger partial charge in [0.1, 0.15) is 11.5 Å². The average molecular weight is 402 g/mol. The molecule has 0 N–H and O–H groups in total. The number of Topliss-reactive ketones (excluding diaryl/α,β-unsaturated/α-hetero) is 1. The van der Waals surface area contributed by atoms with Gasteiger partial charge in [-0.15, -0.1) is 0 Å². The standard InChI is InChI=1S/C18H15ClF3NO4/c1-17(2,3)16(24)12-9-11(5-6-14(12)23(25)26)27-15-7-4-10(8-13(15)19)18(20,21)22/h4-9H,1-3H3. The maximum absolute atomic E-state index is 12.7. The Morgan fingerprint density at radius 2 is 1.74 bits per heavy atom. The lowest BCUT2D eigenvalue weighted by molar-refractivity contribution is -0.385. The molecule has 144 valence electrons. The van der Waals surface area contributed by atoms with Crippen LogP contribution in [0.25, 0.3) is 0 Å². The Kier molecular flexibility index (Phi) is 5.51. The second-order valence-corrected chi connectivity index (χ2v) is 7.17. The molecule has 0 spiro atoms. The summed E-state index contributed by atoms with van der Waals surface area (Å²) >= 11 is 5.84. The Hall–Kier alpha value is -2.61. The van der Waals surface area contributed by atoms with E-state index in [0.717, 1.165) is 18.2 Å². The van der Waals surface area contributed by atoms with Crippen molar-refractivity contribution in [3.8, 4) is 11.5 Å². The Balaban J connectivity index is 2.43. The first-order valence-electron chi connectivity index (χ1n) is 7.68. The lowest BCUT2D eigenvalue weighted by Crippen LogP contribution is -2.21. The summed E-state index contributed by atoms with van der Waals surface area (Å²) in [6.07, 6.45) is -4.55. The molecule has 0 saturated heterocycles. The summed E-state index contributed by atoms with van der Waals surface area (Å²) in [4.78, 5) is 23.0. The zero-order chi connectivity index (χ0) is 20.6. The highest BCUT2D eigenvalue weighted by atomic mass is 35.5. The summed E-state index contributed by atoms with van der Waals surface area (Å²) in [6.45, 7) is 4.83. The molecular formula is C18H15ClF3NO4. The molecule has 0 unspecified atom stereocenters. The first kappa shape index (κ1) is 20.7. The zero-order valence-corrected chi connectivity index (χ0v) is 15.3. The van der Waals surface area contributed by atoms with Crippen molar-refractivity contribution in [2.75, 3.05) is 0 Å². The number of nitrogens with zero attached hydrogens (tertiary/aromatic N) is 1. The van der Waals surface area contributed by atoms with E-state index in [-0.39, 0.29) is 27.8 Å². The van der Waals surface area contributed by atoms with Crippen LogP contribution < -0.4 is 4.74 Å². The molecule has 2 aromatic carbocycles. The number of ether oxygens (including phenoxy) is 1. The van der Waals surface area contributed by atoms with E-state index in [0.29, 0.717) is 6.07 Å². The van der Waals surface area contributed by atoms with Crippen molar-refractivity contribution < 1.29 is 27.6 Å². The van der Waals surface area contributed by atoms with E-state index in [1.807, 2.05) is 0 Å². The number of hydrogen-bond donors (Lipinski definition) is 0. The average Bonchev–Trinajstić information content (AvgIpc) is 2.53. The van der Waals surface area contributed by atoms with Crippen molar-refractivity contribution in [2.45, 2.75) is 26.9 Å². The number of carbonyl (C=O) groups is 1. The minimum absolute atomic E-state index is 0.0369. The molecule has 2 rings (SSSR count). The molecule has 2 aromatic rings. The van der Waals surface area contributed by atoms with E-state index in [4.69, 9.17) is 16.3 Å². The molecule has 0 aliphatic heterocycles. The number of benzene rings is 2. The molecule has 9 heteroatoms. The zero-order valence-electron chi connectivity index (χ0n) is 14.6. The third kappa shape index (κ3) is 4.77. The van der Waals surface area contributed by atoms with Gasteiger partial charge in [0.25, 0.3) is 5.69 Å². The highest BCUT2D eigenvalue weighted by Crippen LogP contribution is 2.38. The topological polar surface area (TPSA) is 69.4 Å². The lowest BCUT2D eigenvalue weighted by Gasteiger charge is -2.17. The molecule has 0 radical (unpaired) electrons. The van der Waals surface area contributed by atoms with Gasteiger partial charge in [0.2, 0.25) is 0 Å². The van der Waals surface area contributed by atoms with E-state index >= 15 is 0 Å². The number of carbonyl (C=O) groups excluding carboxylic acids is 1. The van der Waals surface area contributed by atoms with E-state index in [2.05, 4.69) is 0 Å². The Labute approximate surface area is 157 Å². The summed E-state index contributed by atoms with van der Waals surface area (Å²) in [7, 11) is 0. The van der Waals surface area contributed by atoms with Crippen molar-refractivity contribution in [2.24, 2.45) is 5.41 Å². The molecule has 0 heterocycles. The highest BCUT2D eigenvalue weighted by Gasteiger charge is 2.32. The minimum atomic E-state index is -4.55. The second kappa shape index (κ2) is 7.19. The van der Waals surface area contributed by atoms with Gasteiger partial charge in [-0.05, 0) is 30.3 Å². The highest BCUT2D eigenvalue weighted by molar-refractivity contribution is 6.32. The predicted octanol–water partition coefficient (Wildman–Crippen LogP) is 6.29. The molecule has 0 aliphatic carbocycles. The molecule has 0 atom stereocenters. The van der Waals surface area contributed by atoms with Gasteiger partial charge >= 0.3 is 6.18 Å². The third-order valence-electron chi connectivity index (χ3n) is 3.58. The predicted molar refractivity (Wildman–Crippen MR) is 93.4 cm³/mol. The SMILES string of the molecule is CC(C)(C)C(=O)c1cc(Oc2ccc(C(F)(F)F)cc2Cl)ccc1[N+](=O)[O-]. The molecule has 5 nitrogen and oxygen atoms in total. The monoisotopic (exact) mass is 401 g/mol. The maximum atomic E-state index is 12.7. The van der Waals surface area contributed by atoms with Crippen molar-refractivity contribution in [1.82, 2.24) is 0 Å². The largest absolute Gasteiger partial charge is 0.456 e. The fourth-order valence-electron chi connectivity index (χ4n) is 2.21. The van der Waals surface area contributed by atoms with Crippen LogP contribution in [0.5, 0.6) is 11.5 Å². The van der Waals surface area contributed by atoms with Crippen LogP contribution in [0.2, 0.25) is 5.02 Å². The van der Waals surface area contributed by atoms with Gasteiger partial charge < -0.3 is 4.74 Å². The van der Waals surface area contributed by atoms with Crippen molar-refractivity contribution >= 4 is 23.1 Å². The molecule has 0 bridgehead atoms. The molecule has 0 saturated carbocycles. The fourth-order valence-corrected chi connectivity index (χ4v) is 2.43. The molecular weight excluding hydrogens is 387 g/mol. The molecule has 0 aliphatic rings. The van der Waals surface area contributed by atoms with Gasteiger partial charge in [0, 0.05) is 11.5 Å². The van der Waals surface area contributed by atoms with Gasteiger partial charge in [-0.2, -0.15) is 13.2 Å². The lowest BCUT2D eigenvalue weighted by atomic mass is 9.86. The summed E-state index contributed by atoms with van der Waals surface area (Å²) in [5.74, 6) is -0.513. The second-order valence-electron chi connectivity index (χ2n) is 6.76. The smallest absolute Gasteiger partial charge is 0.416 e. The number of hydrogen-bond acceptors (Lipinski definition) is 4. The van der Waals surface area contributed by atoms with Crippen LogP contribution in [0.3, 0.4) is 0 Å². The van der Waals surface area contributed by atoms with E-state index in [1.165, 1.54) is 12.1 Å². The number of alkyl halides is 3. The van der Waals surface area contributed by atoms with Crippen LogP contribution in [0.4, 0.5) is 18.9 Å². The summed E-state index contributed by atoms with van der Waals surface area (Å²) < 4.78 is 43.5. The van der Waals surface area contributed by atoms with Gasteiger partial charge in [0.05, 0.1) is 21.1 Å². The Morgan fingerprint density at radius 1 is 1.11 bits per heavy atom. The first-order chi connectivity index (χ1) is 12.3. The van der Waals surface area contributed by atoms with Crippen LogP contribution in [0.1, 0.15) is 36.7 Å². The van der Waals surface area contributed by atoms with E-state index < -0.39 is 27.9 Å². The number of rotatable bonds is 4. The van der Waals surface area contributed by atoms with Gasteiger partial charge in [-0.25, -0.2) is 0 Å². The molecule has 27 heavy (non-hydrogen) atoms. The minimum Gasteiger partial charge on any atom is -0.456 e. The van der Waals surface area contributed by atoms with Crippen molar-refractivity contribution in [1.29, 1.82) is 0 Å². The molecule has 0 aromatic heterocycles. The number of nitro benzene ring substituents is 1. The fraction of sp³-hybridized carbons (Fsp3) is 0.278. The first-order valence-corrected chi connectivity index (χ1v) is 8.06. The van der Waals surface area contributed by atoms with Crippen LogP contribution in [0, 0.1) is 15.5 Å². The van der Waals surface area contributed by atoms with Crippen LogP contribution in [0.15, 0.2) is 36.4 Å². The van der Waals surface area contributed by atoms with Crippen LogP contribution >= 0.6 is 11.6 Å². The van der Waals surface area contributed by atoms with E-state index in [1.54, 1.807) is 20.8 Å². The normalized spacial score (nSPS) is 12.0. The number of ketones is 1. The van der Waals surface area contributed by atoms with Crippen molar-refractivity contribution in [3.63, 3.8) is 0 Å². The van der Waals surface area contributed by atoms with Gasteiger partial charge in [-0.3, -0.25) is 14.9 Å². The Morgan fingerprint density at radius 3 is 2.22 bits per heavy atom. The maximum Gasteiger partial charge on any atom is 0.416 e. The molecule has 0 amide bonds. The summed E-state index contributed by atoms with van der Waals surface area (Å²) in [5.41, 5.74) is -2.36. The van der Waals surface area contributed by atoms with Crippen LogP contribution in [-0.4, -0.2) is 10.7 Å². The van der Waals surface area contributed by atoms with E-state index in [9.17, 15) is 28.1 Å². The summed E-state index contributed by atoms with van der Waals surface area (Å²) in [5, 5.41) is 10.9. The number of nitro groups is 1. The van der Waals surface area contributed by atoms with Gasteiger partial charge in [-0.1, -0.05) is 32.4 Å². The molecule has 0 fully saturated rings. The van der Waals surface area contributed by atoms with Gasteiger partial charge in [0.15, 0.2) is 5.78 Å². The number of halogens is 4. The third-order valence-corrected chi connectivity index (χ3v) is 3.87. The Bertz CT molecular complexity index is 904.